The van der Waals surface area contributed by atoms with E-state index in [0.29, 0.717) is 56.0 Å². The lowest BCUT2D eigenvalue weighted by molar-refractivity contribution is -0.122. The van der Waals surface area contributed by atoms with E-state index >= 15 is 0 Å². The average Bonchev–Trinajstić information content (AvgIpc) is 3.60. The minimum absolute atomic E-state index is 0.0234. The fourth-order valence-electron chi connectivity index (χ4n) is 10.6. The second-order valence-corrected chi connectivity index (χ2v) is 23.1. The number of methoxy groups -OCH3 is 1. The molecule has 5 amide bonds. The van der Waals surface area contributed by atoms with Crippen LogP contribution in [0.2, 0.25) is 0 Å². The van der Waals surface area contributed by atoms with Gasteiger partial charge in [0.15, 0.2) is 0 Å². The van der Waals surface area contributed by atoms with E-state index in [0.717, 1.165) is 117 Å². The Morgan fingerprint density at radius 2 is 1.53 bits per heavy atom. The minimum atomic E-state index is -2.78. The number of hydrazine groups is 1. The molecule has 3 N–H and O–H groups in total. The number of fused-ring (bicyclic) bond motifs is 2. The van der Waals surface area contributed by atoms with Crippen molar-refractivity contribution in [3.8, 4) is 5.75 Å². The number of aromatic nitrogens is 4. The number of carbonyl (C=O) groups excluding carboxylic acids is 4. The molecule has 0 radical (unpaired) electrons. The molecule has 0 spiro atoms. The third-order valence-corrected chi connectivity index (χ3v) is 16.4. The molecule has 2 aromatic heterocycles. The molecule has 0 bridgehead atoms. The van der Waals surface area contributed by atoms with Gasteiger partial charge in [-0.25, -0.2) is 14.8 Å². The summed E-state index contributed by atoms with van der Waals surface area (Å²) in [4.78, 5) is 78.9. The van der Waals surface area contributed by atoms with E-state index in [1.807, 2.05) is 18.2 Å². The Bertz CT molecular complexity index is 2930. The molecule has 0 atom stereocenters. The fraction of sp³-hybridized carbons (Fsp3) is 0.429. The number of anilines is 6. The summed E-state index contributed by atoms with van der Waals surface area (Å²) in [5.74, 6) is 0.625. The lowest BCUT2D eigenvalue weighted by Gasteiger charge is -2.44. The summed E-state index contributed by atoms with van der Waals surface area (Å²) in [5.41, 5.74) is 6.38. The molecule has 0 unspecified atom stereocenters. The molecule has 19 nitrogen and oxygen atoms in total. The van der Waals surface area contributed by atoms with Crippen molar-refractivity contribution in [2.24, 2.45) is 5.92 Å². The third kappa shape index (κ3) is 9.53. The number of ether oxygens (including phenoxy) is 1. The largest absolute Gasteiger partial charge is 0.494 e. The third-order valence-electron chi connectivity index (χ3n) is 14.3. The highest BCUT2D eigenvalue weighted by atomic mass is 79.9. The Labute approximate surface area is 414 Å². The van der Waals surface area contributed by atoms with E-state index in [9.17, 15) is 23.7 Å². The van der Waals surface area contributed by atoms with Crippen LogP contribution in [0.4, 0.5) is 39.3 Å². The van der Waals surface area contributed by atoms with E-state index < -0.39 is 30.9 Å². The second kappa shape index (κ2) is 19.5. The van der Waals surface area contributed by atoms with Crippen molar-refractivity contribution >= 4 is 97.7 Å². The number of benzene rings is 3. The molecule has 4 fully saturated rings. The normalized spacial score (nSPS) is 19.0. The summed E-state index contributed by atoms with van der Waals surface area (Å²) in [6, 6.07) is 13.0. The van der Waals surface area contributed by atoms with Crippen LogP contribution in [0.3, 0.4) is 0 Å². The zero-order valence-electron chi connectivity index (χ0n) is 39.8. The van der Waals surface area contributed by atoms with Gasteiger partial charge in [0.2, 0.25) is 11.9 Å². The van der Waals surface area contributed by atoms with Crippen LogP contribution in [0, 0.1) is 12.8 Å². The van der Waals surface area contributed by atoms with Crippen molar-refractivity contribution in [1.29, 1.82) is 0 Å². The molecule has 70 heavy (non-hydrogen) atoms. The molecular formula is C49H57BrN13O6P. The van der Waals surface area contributed by atoms with Gasteiger partial charge in [0.1, 0.15) is 24.2 Å². The molecule has 10 rings (SSSR count). The Morgan fingerprint density at radius 1 is 0.800 bits per heavy atom. The van der Waals surface area contributed by atoms with Gasteiger partial charge < -0.3 is 34.6 Å². The maximum atomic E-state index is 13.5. The van der Waals surface area contributed by atoms with E-state index in [1.54, 1.807) is 51.2 Å². The number of hydrogen-bond donors (Lipinski definition) is 3. The topological polar surface area (TPSA) is 202 Å². The maximum Gasteiger partial charge on any atom is 0.343 e. The predicted molar refractivity (Wildman–Crippen MR) is 273 cm³/mol. The first-order valence-electron chi connectivity index (χ1n) is 23.9. The van der Waals surface area contributed by atoms with Crippen LogP contribution in [0.5, 0.6) is 5.75 Å². The summed E-state index contributed by atoms with van der Waals surface area (Å²) >= 11 is 3.59. The highest BCUT2D eigenvalue weighted by molar-refractivity contribution is 9.10. The van der Waals surface area contributed by atoms with Gasteiger partial charge in [-0.05, 0) is 110 Å². The number of nitrogens with one attached hydrogen (secondary N) is 3. The number of urea groups is 1. The Morgan fingerprint density at radius 3 is 2.26 bits per heavy atom. The van der Waals surface area contributed by atoms with Gasteiger partial charge in [-0.15, -0.1) is 0 Å². The number of piperidine rings is 2. The van der Waals surface area contributed by atoms with Gasteiger partial charge in [-0.2, -0.15) is 9.99 Å². The first-order chi connectivity index (χ1) is 33.7. The van der Waals surface area contributed by atoms with Gasteiger partial charge in [0.25, 0.3) is 11.8 Å². The smallest absolute Gasteiger partial charge is 0.343 e. The summed E-state index contributed by atoms with van der Waals surface area (Å²) in [7, 11) is -1.10. The molecule has 4 saturated heterocycles. The Balaban J connectivity index is 0.697. The molecule has 3 aromatic carbocycles. The molecule has 0 aliphatic carbocycles. The maximum absolute atomic E-state index is 13.5. The van der Waals surface area contributed by atoms with Crippen LogP contribution in [0.25, 0.3) is 11.0 Å². The zero-order chi connectivity index (χ0) is 48.8. The number of rotatable bonds is 12. The van der Waals surface area contributed by atoms with Crippen molar-refractivity contribution in [1.82, 2.24) is 45.1 Å². The Kier molecular flexibility index (Phi) is 13.2. The molecule has 7 heterocycles. The van der Waals surface area contributed by atoms with Gasteiger partial charge in [-0.1, -0.05) is 0 Å². The minimum Gasteiger partial charge on any atom is -0.494 e. The highest BCUT2D eigenvalue weighted by Crippen LogP contribution is 2.42. The number of carbonyl (C=O) groups is 4. The first-order valence-corrected chi connectivity index (χ1v) is 27.3. The second-order valence-electron chi connectivity index (χ2n) is 19.1. The van der Waals surface area contributed by atoms with Crippen LogP contribution in [-0.2, 0) is 9.36 Å². The van der Waals surface area contributed by atoms with Crippen LogP contribution < -0.4 is 35.8 Å². The van der Waals surface area contributed by atoms with Crippen molar-refractivity contribution < 1.29 is 28.5 Å². The number of aryl methyl sites for hydroxylation is 1. The zero-order valence-corrected chi connectivity index (χ0v) is 42.3. The van der Waals surface area contributed by atoms with Gasteiger partial charge in [0.05, 0.1) is 51.5 Å². The summed E-state index contributed by atoms with van der Waals surface area (Å²) in [6.07, 6.45) is 9.20. The fourth-order valence-corrected chi connectivity index (χ4v) is 12.3. The van der Waals surface area contributed by atoms with Crippen LogP contribution in [0.1, 0.15) is 58.4 Å². The summed E-state index contributed by atoms with van der Waals surface area (Å²) in [6.45, 7) is 14.5. The van der Waals surface area contributed by atoms with Gasteiger partial charge in [0, 0.05) is 107 Å². The molecule has 0 saturated carbocycles. The molecule has 21 heteroatoms. The highest BCUT2D eigenvalue weighted by Gasteiger charge is 2.43. The lowest BCUT2D eigenvalue weighted by Crippen LogP contribution is -2.58. The number of imide groups is 2. The SMILES string of the molecule is COc1cc(N2CCC(N3CCN(CC4CCN(c5ccc6c(c5)C(=O)N(N5CCC(=O)NC5=O)C6=O)CC4)CC3)CC2)c(C)cc1Nc1ncc(Br)c(Nc2ccc3nccnc3c2P(C)(C)=O)n1. The van der Waals surface area contributed by atoms with Crippen LogP contribution >= 0.6 is 23.1 Å². The number of nitrogens with zero attached hydrogens (tertiary/aromatic N) is 10. The molecule has 5 aliphatic heterocycles. The molecule has 5 aromatic rings. The van der Waals surface area contributed by atoms with E-state index in [4.69, 9.17) is 9.72 Å². The summed E-state index contributed by atoms with van der Waals surface area (Å²) in [5, 5.41) is 11.4. The van der Waals surface area contributed by atoms with Gasteiger partial charge in [-0.3, -0.25) is 34.6 Å². The number of amides is 5. The number of halogens is 1. The van der Waals surface area contributed by atoms with Crippen molar-refractivity contribution in [2.75, 3.05) is 106 Å². The monoisotopic (exact) mass is 1030 g/mol. The molecular weight excluding hydrogens is 978 g/mol. The van der Waals surface area contributed by atoms with Crippen molar-refractivity contribution in [3.63, 3.8) is 0 Å². The van der Waals surface area contributed by atoms with Crippen molar-refractivity contribution in [2.45, 2.75) is 45.1 Å². The lowest BCUT2D eigenvalue weighted by atomic mass is 9.95. The quantitative estimate of drug-likeness (QED) is 0.0943. The van der Waals surface area contributed by atoms with Crippen LogP contribution in [-0.4, -0.2) is 155 Å². The molecule has 5 aliphatic rings. The van der Waals surface area contributed by atoms with Gasteiger partial charge >= 0.3 is 6.03 Å². The number of piperazine rings is 1. The Hall–Kier alpha value is -6.21. The predicted octanol–water partition coefficient (Wildman–Crippen LogP) is 6.19. The van der Waals surface area contributed by atoms with E-state index in [2.05, 4.69) is 85.5 Å². The first kappa shape index (κ1) is 47.5. The number of hydrogen-bond acceptors (Lipinski definition) is 16. The molecule has 366 valence electrons. The standard InChI is InChI=1S/C49H57BrN13O6P/c1-30-25-39(55-48-53-28-36(50)45(57-48)54-38-8-7-37-43(52-15-14-51-37)44(38)70(3,4)68)41(69-2)27-40(30)61-18-11-32(12-19-61)60-23-21-58(22-24-60)29-31-9-16-59(17-10-31)33-5-6-34-35(26-33)47(66)63(46(34)65)62-20-13-42(64)56-49(62)67/h5-8,14-15,25-28,31-32H,9-13,16-24,29H2,1-4H3,(H,56,64,67)(H2,53,54,55,57). The summed E-state index contributed by atoms with van der Waals surface area (Å²) < 4.78 is 20.1. The van der Waals surface area contributed by atoms with E-state index in [-0.39, 0.29) is 24.1 Å². The van der Waals surface area contributed by atoms with Crippen LogP contribution in [0.15, 0.2) is 65.5 Å². The van der Waals surface area contributed by atoms with Crippen molar-refractivity contribution in [3.05, 3.63) is 82.2 Å². The van der Waals surface area contributed by atoms with E-state index in [1.165, 1.54) is 0 Å². The average molecular weight is 1030 g/mol.